The van der Waals surface area contributed by atoms with E-state index >= 15 is 0 Å². The Balaban J connectivity index is 1.90. The van der Waals surface area contributed by atoms with Crippen LogP contribution >= 0.6 is 0 Å². The molecule has 6 nitrogen and oxygen atoms in total. The monoisotopic (exact) mass is 352 g/mol. The first kappa shape index (κ1) is 19.0. The Hall–Kier alpha value is -3.33. The fourth-order valence-corrected chi connectivity index (χ4v) is 2.26. The maximum atomic E-state index is 12.0. The molecule has 1 heterocycles. The average Bonchev–Trinajstić information content (AvgIpc) is 3.13. The smallest absolute Gasteiger partial charge is 0.349 e. The average molecular weight is 352 g/mol. The van der Waals surface area contributed by atoms with Gasteiger partial charge >= 0.3 is 5.97 Å². The van der Waals surface area contributed by atoms with Gasteiger partial charge in [0, 0.05) is 6.08 Å². The summed E-state index contributed by atoms with van der Waals surface area (Å²) in [6.07, 6.45) is 2.69. The number of nitrogens with zero attached hydrogens (tertiary/aromatic N) is 1. The summed E-state index contributed by atoms with van der Waals surface area (Å²) in [5.41, 5.74) is 3.03. The number of carbonyl (C=O) groups is 2. The van der Waals surface area contributed by atoms with E-state index in [2.05, 4.69) is 5.32 Å². The van der Waals surface area contributed by atoms with E-state index in [9.17, 15) is 9.59 Å². The highest BCUT2D eigenvalue weighted by Crippen LogP contribution is 2.16. The molecule has 0 bridgehead atoms. The van der Waals surface area contributed by atoms with E-state index in [0.717, 1.165) is 11.1 Å². The summed E-state index contributed by atoms with van der Waals surface area (Å²) in [7, 11) is 0. The number of hydrogen-bond donors (Lipinski definition) is 1. The molecular weight excluding hydrogens is 332 g/mol. The number of amides is 1. The van der Waals surface area contributed by atoms with Crippen LogP contribution in [0.2, 0.25) is 0 Å². The quantitative estimate of drug-likeness (QED) is 0.489. The Morgan fingerprint density at radius 3 is 2.69 bits per heavy atom. The Morgan fingerprint density at radius 2 is 2.08 bits per heavy atom. The molecule has 1 aromatic carbocycles. The molecule has 134 valence electrons. The van der Waals surface area contributed by atoms with Crippen molar-refractivity contribution in [2.75, 3.05) is 6.61 Å². The minimum atomic E-state index is -0.877. The van der Waals surface area contributed by atoms with Crippen molar-refractivity contribution in [3.63, 3.8) is 0 Å². The van der Waals surface area contributed by atoms with Gasteiger partial charge in [-0.25, -0.2) is 4.79 Å². The van der Waals surface area contributed by atoms with E-state index in [1.165, 1.54) is 17.9 Å². The van der Waals surface area contributed by atoms with Crippen molar-refractivity contribution in [2.45, 2.75) is 26.8 Å². The zero-order valence-electron chi connectivity index (χ0n) is 14.9. The van der Waals surface area contributed by atoms with Gasteiger partial charge in [-0.15, -0.1) is 0 Å². The predicted molar refractivity (Wildman–Crippen MR) is 95.7 cm³/mol. The first-order valence-electron chi connectivity index (χ1n) is 8.09. The molecule has 1 aromatic heterocycles. The van der Waals surface area contributed by atoms with Crippen LogP contribution in [0.1, 0.15) is 35.4 Å². The first-order valence-corrected chi connectivity index (χ1v) is 8.09. The highest BCUT2D eigenvalue weighted by Gasteiger charge is 2.15. The molecule has 1 amide bonds. The molecule has 0 saturated heterocycles. The fraction of sp³-hybridized carbons (Fsp3) is 0.250. The maximum absolute atomic E-state index is 12.0. The van der Waals surface area contributed by atoms with Crippen LogP contribution in [0.5, 0.6) is 0 Å². The van der Waals surface area contributed by atoms with Gasteiger partial charge in [0.05, 0.1) is 12.3 Å². The van der Waals surface area contributed by atoms with Crippen LogP contribution in [0.4, 0.5) is 0 Å². The molecule has 0 fully saturated rings. The molecular formula is C20H20N2O4. The van der Waals surface area contributed by atoms with Gasteiger partial charge in [-0.3, -0.25) is 4.79 Å². The highest BCUT2D eigenvalue weighted by atomic mass is 16.5. The summed E-state index contributed by atoms with van der Waals surface area (Å²) < 4.78 is 9.95. The number of furan rings is 1. The number of esters is 1. The minimum Gasteiger partial charge on any atom is -0.465 e. The molecule has 2 rings (SSSR count). The predicted octanol–water partition coefficient (Wildman–Crippen LogP) is 3.22. The standard InChI is InChI=1S/C20H20N2O4/c1-13-6-7-16(9-14(13)2)15(3)22-19(23)12-26-20(24)17(11-21)10-18-5-4-8-25-18/h4-10,15H,12H2,1-3H3,(H,22,23)/b17-10+/t15-/m0/s1. The van der Waals surface area contributed by atoms with Crippen molar-refractivity contribution in [3.05, 3.63) is 64.6 Å². The van der Waals surface area contributed by atoms with Gasteiger partial charge in [0.1, 0.15) is 17.4 Å². The Kier molecular flexibility index (Phi) is 6.34. The van der Waals surface area contributed by atoms with Gasteiger partial charge < -0.3 is 14.5 Å². The number of nitrogens with one attached hydrogen (secondary N) is 1. The van der Waals surface area contributed by atoms with Crippen molar-refractivity contribution < 1.29 is 18.7 Å². The van der Waals surface area contributed by atoms with Crippen molar-refractivity contribution in [2.24, 2.45) is 0 Å². The van der Waals surface area contributed by atoms with E-state index in [-0.39, 0.29) is 11.6 Å². The molecule has 6 heteroatoms. The number of carbonyl (C=O) groups excluding carboxylic acids is 2. The molecule has 0 radical (unpaired) electrons. The Morgan fingerprint density at radius 1 is 1.31 bits per heavy atom. The first-order chi connectivity index (χ1) is 12.4. The summed E-state index contributed by atoms with van der Waals surface area (Å²) in [6.45, 7) is 5.40. The SMILES string of the molecule is Cc1ccc([C@H](C)NC(=O)COC(=O)/C(C#N)=C/c2ccco2)cc1C. The molecule has 0 aliphatic carbocycles. The molecule has 0 aliphatic rings. The van der Waals surface area contributed by atoms with Crippen LogP contribution in [0.25, 0.3) is 6.08 Å². The third-order valence-electron chi connectivity index (χ3n) is 3.91. The number of rotatable bonds is 6. The lowest BCUT2D eigenvalue weighted by Gasteiger charge is -2.15. The van der Waals surface area contributed by atoms with E-state index in [4.69, 9.17) is 14.4 Å². The Labute approximate surface area is 152 Å². The lowest BCUT2D eigenvalue weighted by molar-refractivity contribution is -0.144. The van der Waals surface area contributed by atoms with Crippen LogP contribution in [0, 0.1) is 25.2 Å². The summed E-state index contributed by atoms with van der Waals surface area (Å²) in [6, 6.07) is 10.7. The number of hydrogen-bond acceptors (Lipinski definition) is 5. The van der Waals surface area contributed by atoms with Crippen molar-refractivity contribution in [3.8, 4) is 6.07 Å². The molecule has 0 unspecified atom stereocenters. The number of aryl methyl sites for hydroxylation is 2. The second-order valence-electron chi connectivity index (χ2n) is 5.89. The van der Waals surface area contributed by atoms with Gasteiger partial charge in [0.2, 0.25) is 0 Å². The van der Waals surface area contributed by atoms with E-state index in [1.54, 1.807) is 18.2 Å². The van der Waals surface area contributed by atoms with Crippen molar-refractivity contribution >= 4 is 18.0 Å². The highest BCUT2D eigenvalue weighted by molar-refractivity contribution is 5.98. The van der Waals surface area contributed by atoms with Gasteiger partial charge in [0.15, 0.2) is 6.61 Å². The summed E-state index contributed by atoms with van der Waals surface area (Å²) in [5.74, 6) is -0.969. The fourth-order valence-electron chi connectivity index (χ4n) is 2.26. The van der Waals surface area contributed by atoms with Crippen LogP contribution < -0.4 is 5.32 Å². The minimum absolute atomic E-state index is 0.227. The van der Waals surface area contributed by atoms with Gasteiger partial charge in [-0.1, -0.05) is 18.2 Å². The molecule has 0 saturated carbocycles. The second-order valence-corrected chi connectivity index (χ2v) is 5.89. The largest absolute Gasteiger partial charge is 0.465 e. The van der Waals surface area contributed by atoms with Gasteiger partial charge in [-0.2, -0.15) is 5.26 Å². The second kappa shape index (κ2) is 8.67. The van der Waals surface area contributed by atoms with Gasteiger partial charge in [-0.05, 0) is 49.6 Å². The normalized spacial score (nSPS) is 12.2. The topological polar surface area (TPSA) is 92.3 Å². The maximum Gasteiger partial charge on any atom is 0.349 e. The summed E-state index contributed by atoms with van der Waals surface area (Å²) in [4.78, 5) is 23.9. The molecule has 0 spiro atoms. The lowest BCUT2D eigenvalue weighted by Crippen LogP contribution is -2.31. The van der Waals surface area contributed by atoms with Crippen LogP contribution in [-0.4, -0.2) is 18.5 Å². The van der Waals surface area contributed by atoms with E-state index in [1.807, 2.05) is 39.0 Å². The van der Waals surface area contributed by atoms with Crippen LogP contribution in [-0.2, 0) is 14.3 Å². The third kappa shape index (κ3) is 5.08. The molecule has 0 aliphatic heterocycles. The zero-order valence-corrected chi connectivity index (χ0v) is 14.9. The van der Waals surface area contributed by atoms with E-state index < -0.39 is 18.5 Å². The zero-order chi connectivity index (χ0) is 19.1. The Bertz CT molecular complexity index is 860. The van der Waals surface area contributed by atoms with Crippen molar-refractivity contribution in [1.82, 2.24) is 5.32 Å². The van der Waals surface area contributed by atoms with Crippen molar-refractivity contribution in [1.29, 1.82) is 5.26 Å². The van der Waals surface area contributed by atoms with Crippen LogP contribution in [0.15, 0.2) is 46.6 Å². The lowest BCUT2D eigenvalue weighted by atomic mass is 10.0. The number of benzene rings is 1. The molecule has 1 N–H and O–H groups in total. The van der Waals surface area contributed by atoms with Crippen LogP contribution in [0.3, 0.4) is 0 Å². The number of nitriles is 1. The molecule has 26 heavy (non-hydrogen) atoms. The van der Waals surface area contributed by atoms with Gasteiger partial charge in [0.25, 0.3) is 5.91 Å². The summed E-state index contributed by atoms with van der Waals surface area (Å²) >= 11 is 0. The molecule has 2 aromatic rings. The third-order valence-corrected chi connectivity index (χ3v) is 3.91. The molecule has 1 atom stereocenters. The summed E-state index contributed by atoms with van der Waals surface area (Å²) in [5, 5.41) is 11.8. The van der Waals surface area contributed by atoms with E-state index in [0.29, 0.717) is 5.76 Å². The number of ether oxygens (including phenoxy) is 1.